The van der Waals surface area contributed by atoms with E-state index >= 15 is 0 Å². The number of amides is 1. The molecule has 5 nitrogen and oxygen atoms in total. The lowest BCUT2D eigenvalue weighted by atomic mass is 9.89. The summed E-state index contributed by atoms with van der Waals surface area (Å²) in [6.07, 6.45) is 4.23. The molecule has 6 heteroatoms. The third-order valence-electron chi connectivity index (χ3n) is 5.12. The second-order valence-corrected chi connectivity index (χ2v) is 6.64. The zero-order valence-corrected chi connectivity index (χ0v) is 13.5. The highest BCUT2D eigenvalue weighted by atomic mass is 19.1. The smallest absolute Gasteiger partial charge is 0.267 e. The van der Waals surface area contributed by atoms with Gasteiger partial charge in [0, 0.05) is 18.5 Å². The molecule has 0 N–H and O–H groups in total. The average Bonchev–Trinajstić information content (AvgIpc) is 3.11. The number of oxime groups is 1. The van der Waals surface area contributed by atoms with Gasteiger partial charge in [-0.25, -0.2) is 4.39 Å². The van der Waals surface area contributed by atoms with Gasteiger partial charge in [-0.15, -0.1) is 0 Å². The molecule has 3 unspecified atom stereocenters. The summed E-state index contributed by atoms with van der Waals surface area (Å²) in [5, 5.41) is 4.02. The second kappa shape index (κ2) is 6.51. The van der Waals surface area contributed by atoms with Gasteiger partial charge in [0.25, 0.3) is 5.91 Å². The number of nitrogens with zero attached hydrogens (tertiary/aromatic N) is 2. The third-order valence-corrected chi connectivity index (χ3v) is 5.12. The van der Waals surface area contributed by atoms with Crippen LogP contribution in [0, 0.1) is 5.82 Å². The van der Waals surface area contributed by atoms with Gasteiger partial charge in [-0.1, -0.05) is 30.1 Å². The predicted molar refractivity (Wildman–Crippen MR) is 86.1 cm³/mol. The minimum absolute atomic E-state index is 0.0228. The first kappa shape index (κ1) is 15.6. The molecule has 2 heterocycles. The van der Waals surface area contributed by atoms with Crippen LogP contribution in [0.15, 0.2) is 29.4 Å². The van der Waals surface area contributed by atoms with Gasteiger partial charge < -0.3 is 14.5 Å². The Kier molecular flexibility index (Phi) is 4.22. The minimum Gasteiger partial charge on any atom is -0.382 e. The topological polar surface area (TPSA) is 51.1 Å². The molecule has 128 valence electrons. The average molecular weight is 332 g/mol. The standard InChI is InChI=1S/C18H21FN2O3/c19-13-5-3-4-12(10-13)14-11-17(24-20-14)18(22)21-8-9-23-16-7-2-1-6-15(16)21/h3-5,10,15-17H,1-2,6-9,11H2. The molecule has 1 aromatic rings. The number of rotatable bonds is 2. The second-order valence-electron chi connectivity index (χ2n) is 6.64. The maximum atomic E-state index is 13.4. The SMILES string of the molecule is O=C(C1CC(c2cccc(F)c2)=NO1)N1CCOC2CCCCC21. The molecule has 4 rings (SSSR count). The van der Waals surface area contributed by atoms with Crippen molar-refractivity contribution in [1.29, 1.82) is 0 Å². The Bertz CT molecular complexity index is 661. The number of carbonyl (C=O) groups excluding carboxylic acids is 1. The number of fused-ring (bicyclic) bond motifs is 1. The predicted octanol–water partition coefficient (Wildman–Crippen LogP) is 2.49. The van der Waals surface area contributed by atoms with Gasteiger partial charge in [-0.3, -0.25) is 4.79 Å². The van der Waals surface area contributed by atoms with Crippen molar-refractivity contribution in [2.75, 3.05) is 13.2 Å². The van der Waals surface area contributed by atoms with E-state index in [2.05, 4.69) is 5.16 Å². The summed E-state index contributed by atoms with van der Waals surface area (Å²) in [7, 11) is 0. The number of hydrogen-bond acceptors (Lipinski definition) is 4. The van der Waals surface area contributed by atoms with E-state index in [-0.39, 0.29) is 23.9 Å². The van der Waals surface area contributed by atoms with Crippen LogP contribution in [0.4, 0.5) is 4.39 Å². The van der Waals surface area contributed by atoms with Crippen molar-refractivity contribution in [1.82, 2.24) is 4.90 Å². The van der Waals surface area contributed by atoms with Crippen LogP contribution >= 0.6 is 0 Å². The number of hydrogen-bond donors (Lipinski definition) is 0. The van der Waals surface area contributed by atoms with Crippen molar-refractivity contribution in [3.05, 3.63) is 35.6 Å². The van der Waals surface area contributed by atoms with Gasteiger partial charge in [0.15, 0.2) is 0 Å². The highest BCUT2D eigenvalue weighted by Crippen LogP contribution is 2.30. The van der Waals surface area contributed by atoms with Crippen LogP contribution in [0.1, 0.15) is 37.7 Å². The van der Waals surface area contributed by atoms with Crippen molar-refractivity contribution in [2.45, 2.75) is 50.4 Å². The molecule has 0 spiro atoms. The van der Waals surface area contributed by atoms with Crippen LogP contribution in [0.2, 0.25) is 0 Å². The van der Waals surface area contributed by atoms with E-state index in [9.17, 15) is 9.18 Å². The quantitative estimate of drug-likeness (QED) is 0.836. The first-order chi connectivity index (χ1) is 11.7. The lowest BCUT2D eigenvalue weighted by molar-refractivity contribution is -0.159. The number of ether oxygens (including phenoxy) is 1. The Morgan fingerprint density at radius 1 is 1.29 bits per heavy atom. The summed E-state index contributed by atoms with van der Waals surface area (Å²) in [6, 6.07) is 6.38. The first-order valence-corrected chi connectivity index (χ1v) is 8.63. The van der Waals surface area contributed by atoms with Crippen LogP contribution < -0.4 is 0 Å². The van der Waals surface area contributed by atoms with Crippen LogP contribution in [0.3, 0.4) is 0 Å². The molecule has 24 heavy (non-hydrogen) atoms. The minimum atomic E-state index is -0.607. The van der Waals surface area contributed by atoms with E-state index in [4.69, 9.17) is 9.57 Å². The molecular weight excluding hydrogens is 311 g/mol. The summed E-state index contributed by atoms with van der Waals surface area (Å²) in [5.41, 5.74) is 1.30. The molecule has 1 amide bonds. The highest BCUT2D eigenvalue weighted by molar-refractivity contribution is 6.04. The van der Waals surface area contributed by atoms with Crippen LogP contribution in [-0.4, -0.2) is 47.9 Å². The lowest BCUT2D eigenvalue weighted by Crippen LogP contribution is -2.57. The Balaban J connectivity index is 1.44. The summed E-state index contributed by atoms with van der Waals surface area (Å²) < 4.78 is 19.2. The fourth-order valence-electron chi connectivity index (χ4n) is 3.90. The Morgan fingerprint density at radius 2 is 2.17 bits per heavy atom. The van der Waals surface area contributed by atoms with Crippen molar-refractivity contribution in [3.63, 3.8) is 0 Å². The normalized spacial score (nSPS) is 29.6. The Labute approximate surface area is 140 Å². The summed E-state index contributed by atoms with van der Waals surface area (Å²) in [6.45, 7) is 1.19. The molecule has 0 aromatic heterocycles. The zero-order valence-electron chi connectivity index (χ0n) is 13.5. The highest BCUT2D eigenvalue weighted by Gasteiger charge is 2.41. The monoisotopic (exact) mass is 332 g/mol. The lowest BCUT2D eigenvalue weighted by Gasteiger charge is -2.44. The van der Waals surface area contributed by atoms with Crippen LogP contribution in [0.25, 0.3) is 0 Å². The van der Waals surface area contributed by atoms with Gasteiger partial charge in [0.1, 0.15) is 5.82 Å². The molecule has 2 fully saturated rings. The third kappa shape index (κ3) is 2.90. The maximum absolute atomic E-state index is 13.4. The molecule has 3 atom stereocenters. The molecule has 1 saturated carbocycles. The van der Waals surface area contributed by atoms with Crippen LogP contribution in [-0.2, 0) is 14.4 Å². The molecule has 1 aliphatic carbocycles. The first-order valence-electron chi connectivity index (χ1n) is 8.63. The van der Waals surface area contributed by atoms with Crippen LogP contribution in [0.5, 0.6) is 0 Å². The van der Waals surface area contributed by atoms with E-state index < -0.39 is 6.10 Å². The molecule has 1 aromatic carbocycles. The van der Waals surface area contributed by atoms with E-state index in [1.54, 1.807) is 12.1 Å². The van der Waals surface area contributed by atoms with Crippen molar-refractivity contribution in [3.8, 4) is 0 Å². The van der Waals surface area contributed by atoms with E-state index in [0.717, 1.165) is 25.7 Å². The van der Waals surface area contributed by atoms with Gasteiger partial charge in [-0.05, 0) is 25.0 Å². The number of morpholine rings is 1. The molecular formula is C18H21FN2O3. The maximum Gasteiger partial charge on any atom is 0.267 e. The molecule has 2 aliphatic heterocycles. The van der Waals surface area contributed by atoms with Crippen molar-refractivity contribution >= 4 is 11.6 Å². The van der Waals surface area contributed by atoms with Gasteiger partial charge in [-0.2, -0.15) is 0 Å². The van der Waals surface area contributed by atoms with Crippen molar-refractivity contribution in [2.24, 2.45) is 5.16 Å². The van der Waals surface area contributed by atoms with E-state index in [0.29, 0.717) is 30.8 Å². The summed E-state index contributed by atoms with van der Waals surface area (Å²) in [4.78, 5) is 20.2. The summed E-state index contributed by atoms with van der Waals surface area (Å²) >= 11 is 0. The van der Waals surface area contributed by atoms with Gasteiger partial charge >= 0.3 is 0 Å². The van der Waals surface area contributed by atoms with Gasteiger partial charge in [0.2, 0.25) is 6.10 Å². The molecule has 1 saturated heterocycles. The van der Waals surface area contributed by atoms with E-state index in [1.807, 2.05) is 4.90 Å². The Morgan fingerprint density at radius 3 is 3.04 bits per heavy atom. The number of carbonyl (C=O) groups is 1. The Hall–Kier alpha value is -1.95. The summed E-state index contributed by atoms with van der Waals surface area (Å²) in [5.74, 6) is -0.339. The van der Waals surface area contributed by atoms with Gasteiger partial charge in [0.05, 0.1) is 24.5 Å². The molecule has 0 radical (unpaired) electrons. The zero-order chi connectivity index (χ0) is 16.5. The number of halogens is 1. The van der Waals surface area contributed by atoms with E-state index in [1.165, 1.54) is 12.1 Å². The largest absolute Gasteiger partial charge is 0.382 e. The molecule has 0 bridgehead atoms. The van der Waals surface area contributed by atoms with Crippen molar-refractivity contribution < 1.29 is 18.8 Å². The molecule has 3 aliphatic rings. The fourth-order valence-corrected chi connectivity index (χ4v) is 3.90. The fraction of sp³-hybridized carbons (Fsp3) is 0.556. The number of benzene rings is 1.